The fraction of sp³-hybridized carbons (Fsp3) is 0.200. The Labute approximate surface area is 170 Å². The Morgan fingerprint density at radius 1 is 1.21 bits per heavy atom. The SMILES string of the molecule is CCn1cc(Br)c(-c2ccnc3cc(C(=O)NC(C)c4ccccc4)nn23)n1. The maximum Gasteiger partial charge on any atom is 0.272 e. The average molecular weight is 439 g/mol. The molecule has 3 heterocycles. The van der Waals surface area contributed by atoms with Gasteiger partial charge < -0.3 is 5.32 Å². The third kappa shape index (κ3) is 3.43. The van der Waals surface area contributed by atoms with Crippen LogP contribution in [0.2, 0.25) is 0 Å². The first-order valence-electron chi connectivity index (χ1n) is 9.00. The van der Waals surface area contributed by atoms with Gasteiger partial charge in [0, 0.05) is 25.0 Å². The summed E-state index contributed by atoms with van der Waals surface area (Å²) >= 11 is 3.55. The Hall–Kier alpha value is -3.00. The van der Waals surface area contributed by atoms with Crippen LogP contribution in [0.25, 0.3) is 17.0 Å². The second-order valence-electron chi connectivity index (χ2n) is 6.42. The molecule has 142 valence electrons. The quantitative estimate of drug-likeness (QED) is 0.512. The largest absolute Gasteiger partial charge is 0.344 e. The van der Waals surface area contributed by atoms with E-state index in [-0.39, 0.29) is 11.9 Å². The summed E-state index contributed by atoms with van der Waals surface area (Å²) < 4.78 is 4.35. The van der Waals surface area contributed by atoms with Crippen LogP contribution in [0, 0.1) is 0 Å². The summed E-state index contributed by atoms with van der Waals surface area (Å²) in [5, 5.41) is 12.0. The molecule has 1 aromatic carbocycles. The fourth-order valence-electron chi connectivity index (χ4n) is 3.01. The number of nitrogens with zero attached hydrogens (tertiary/aromatic N) is 5. The third-order valence-electron chi connectivity index (χ3n) is 4.52. The van der Waals surface area contributed by atoms with E-state index in [1.165, 1.54) is 0 Å². The van der Waals surface area contributed by atoms with Gasteiger partial charge in [-0.2, -0.15) is 10.2 Å². The zero-order valence-electron chi connectivity index (χ0n) is 15.5. The summed E-state index contributed by atoms with van der Waals surface area (Å²) in [7, 11) is 0. The molecule has 28 heavy (non-hydrogen) atoms. The number of nitrogens with one attached hydrogen (secondary N) is 1. The van der Waals surface area contributed by atoms with E-state index in [1.54, 1.807) is 16.8 Å². The molecule has 1 amide bonds. The Kier molecular flexibility index (Phi) is 4.95. The normalized spacial score (nSPS) is 12.2. The topological polar surface area (TPSA) is 77.1 Å². The second-order valence-corrected chi connectivity index (χ2v) is 7.27. The minimum Gasteiger partial charge on any atom is -0.344 e. The van der Waals surface area contributed by atoms with Crippen molar-refractivity contribution in [2.75, 3.05) is 0 Å². The molecule has 0 bridgehead atoms. The molecule has 7 nitrogen and oxygen atoms in total. The molecule has 0 aliphatic rings. The molecule has 4 rings (SSSR count). The Bertz CT molecular complexity index is 1130. The van der Waals surface area contributed by atoms with Gasteiger partial charge in [0.1, 0.15) is 5.69 Å². The Balaban J connectivity index is 1.66. The highest BCUT2D eigenvalue weighted by Gasteiger charge is 2.18. The number of benzene rings is 1. The van der Waals surface area contributed by atoms with Crippen molar-refractivity contribution in [2.45, 2.75) is 26.4 Å². The number of carbonyl (C=O) groups excluding carboxylic acids is 1. The first-order valence-corrected chi connectivity index (χ1v) is 9.80. The van der Waals surface area contributed by atoms with Gasteiger partial charge in [0.15, 0.2) is 11.3 Å². The number of hydrogen-bond acceptors (Lipinski definition) is 4. The lowest BCUT2D eigenvalue weighted by Gasteiger charge is -2.12. The number of amides is 1. The molecule has 0 spiro atoms. The fourth-order valence-corrected chi connectivity index (χ4v) is 3.53. The number of aryl methyl sites for hydroxylation is 1. The smallest absolute Gasteiger partial charge is 0.272 e. The molecule has 3 aromatic heterocycles. The molecule has 0 fully saturated rings. The van der Waals surface area contributed by atoms with Crippen molar-refractivity contribution >= 4 is 27.5 Å². The Morgan fingerprint density at radius 2 is 2.00 bits per heavy atom. The average Bonchev–Trinajstić information content (AvgIpc) is 3.31. The summed E-state index contributed by atoms with van der Waals surface area (Å²) in [4.78, 5) is 17.1. The van der Waals surface area contributed by atoms with Crippen molar-refractivity contribution in [2.24, 2.45) is 0 Å². The summed E-state index contributed by atoms with van der Waals surface area (Å²) in [6, 6.07) is 13.2. The van der Waals surface area contributed by atoms with Crippen LogP contribution >= 0.6 is 15.9 Å². The van der Waals surface area contributed by atoms with E-state index in [2.05, 4.69) is 36.4 Å². The van der Waals surface area contributed by atoms with Crippen molar-refractivity contribution in [1.29, 1.82) is 0 Å². The van der Waals surface area contributed by atoms with E-state index in [9.17, 15) is 4.79 Å². The molecular formula is C20H19BrN6O. The molecule has 0 saturated heterocycles. The minimum absolute atomic E-state index is 0.125. The number of fused-ring (bicyclic) bond motifs is 1. The summed E-state index contributed by atoms with van der Waals surface area (Å²) in [6.07, 6.45) is 3.61. The van der Waals surface area contributed by atoms with E-state index < -0.39 is 0 Å². The van der Waals surface area contributed by atoms with E-state index >= 15 is 0 Å². The predicted molar refractivity (Wildman–Crippen MR) is 110 cm³/mol. The first-order chi connectivity index (χ1) is 13.6. The van der Waals surface area contributed by atoms with Crippen LogP contribution in [0.15, 0.2) is 59.3 Å². The van der Waals surface area contributed by atoms with Gasteiger partial charge in [0.25, 0.3) is 5.91 Å². The van der Waals surface area contributed by atoms with E-state index in [0.717, 1.165) is 28.0 Å². The van der Waals surface area contributed by atoms with Crippen molar-refractivity contribution < 1.29 is 4.79 Å². The highest BCUT2D eigenvalue weighted by molar-refractivity contribution is 9.10. The zero-order valence-corrected chi connectivity index (χ0v) is 17.1. The third-order valence-corrected chi connectivity index (χ3v) is 5.10. The first kappa shape index (κ1) is 18.4. The molecule has 1 N–H and O–H groups in total. The number of carbonyl (C=O) groups is 1. The van der Waals surface area contributed by atoms with Gasteiger partial charge in [-0.15, -0.1) is 0 Å². The zero-order chi connectivity index (χ0) is 19.7. The molecule has 0 aliphatic carbocycles. The lowest BCUT2D eigenvalue weighted by molar-refractivity contribution is 0.0934. The minimum atomic E-state index is -0.244. The maximum absolute atomic E-state index is 12.7. The molecule has 0 radical (unpaired) electrons. The van der Waals surface area contributed by atoms with Gasteiger partial charge >= 0.3 is 0 Å². The standard InChI is InChI=1S/C20H19BrN6O/c1-3-26-12-15(21)19(25-26)17-9-10-22-18-11-16(24-27(17)18)20(28)23-13(2)14-7-5-4-6-8-14/h4-13H,3H2,1-2H3,(H,23,28). The highest BCUT2D eigenvalue weighted by atomic mass is 79.9. The van der Waals surface area contributed by atoms with E-state index in [1.807, 2.05) is 61.1 Å². The van der Waals surface area contributed by atoms with Gasteiger partial charge in [-0.1, -0.05) is 30.3 Å². The molecule has 0 saturated carbocycles. The Morgan fingerprint density at radius 3 is 2.71 bits per heavy atom. The predicted octanol–water partition coefficient (Wildman–Crippen LogP) is 3.87. The number of hydrogen-bond donors (Lipinski definition) is 1. The molecule has 8 heteroatoms. The lowest BCUT2D eigenvalue weighted by Crippen LogP contribution is -2.27. The summed E-state index contributed by atoms with van der Waals surface area (Å²) in [6.45, 7) is 4.73. The van der Waals surface area contributed by atoms with Gasteiger partial charge in [0.05, 0.1) is 16.2 Å². The molecule has 0 aliphatic heterocycles. The van der Waals surface area contributed by atoms with Crippen molar-refractivity contribution in [3.63, 3.8) is 0 Å². The van der Waals surface area contributed by atoms with Crippen molar-refractivity contribution in [3.05, 3.63) is 70.6 Å². The van der Waals surface area contributed by atoms with Crippen LogP contribution in [-0.2, 0) is 6.54 Å². The van der Waals surface area contributed by atoms with Crippen molar-refractivity contribution in [1.82, 2.24) is 29.7 Å². The molecule has 1 atom stereocenters. The number of aromatic nitrogens is 5. The van der Waals surface area contributed by atoms with Crippen LogP contribution in [0.5, 0.6) is 0 Å². The van der Waals surface area contributed by atoms with E-state index in [4.69, 9.17) is 0 Å². The summed E-state index contributed by atoms with van der Waals surface area (Å²) in [5.41, 5.74) is 3.45. The van der Waals surface area contributed by atoms with Crippen LogP contribution < -0.4 is 5.32 Å². The monoisotopic (exact) mass is 438 g/mol. The van der Waals surface area contributed by atoms with Crippen LogP contribution in [0.1, 0.15) is 35.9 Å². The summed E-state index contributed by atoms with van der Waals surface area (Å²) in [5.74, 6) is -0.244. The lowest BCUT2D eigenvalue weighted by atomic mass is 10.1. The molecular weight excluding hydrogens is 420 g/mol. The van der Waals surface area contributed by atoms with Gasteiger partial charge in [-0.3, -0.25) is 9.48 Å². The van der Waals surface area contributed by atoms with E-state index in [0.29, 0.717) is 11.3 Å². The number of rotatable bonds is 5. The molecule has 1 unspecified atom stereocenters. The van der Waals surface area contributed by atoms with Gasteiger partial charge in [-0.25, -0.2) is 9.50 Å². The van der Waals surface area contributed by atoms with Crippen molar-refractivity contribution in [3.8, 4) is 11.4 Å². The maximum atomic E-state index is 12.7. The van der Waals surface area contributed by atoms with Gasteiger partial charge in [0.2, 0.25) is 0 Å². The second kappa shape index (κ2) is 7.55. The highest BCUT2D eigenvalue weighted by Crippen LogP contribution is 2.27. The van der Waals surface area contributed by atoms with Crippen LogP contribution in [-0.4, -0.2) is 30.3 Å². The molecule has 4 aromatic rings. The number of halogens is 1. The van der Waals surface area contributed by atoms with Gasteiger partial charge in [-0.05, 0) is 41.4 Å². The van der Waals surface area contributed by atoms with Crippen LogP contribution in [0.3, 0.4) is 0 Å². The van der Waals surface area contributed by atoms with Crippen LogP contribution in [0.4, 0.5) is 0 Å².